The van der Waals surface area contributed by atoms with Crippen LogP contribution in [0.3, 0.4) is 0 Å². The van der Waals surface area contributed by atoms with Crippen LogP contribution in [-0.2, 0) is 72.6 Å². The van der Waals surface area contributed by atoms with E-state index in [2.05, 4.69) is 10.0 Å². The molecule has 11 rings (SSSR count). The average Bonchev–Trinajstić information content (AvgIpc) is 3.41. The molecule has 450 valence electrons. The zero-order valence-electron chi connectivity index (χ0n) is 49.7. The minimum Gasteiger partial charge on any atom is -0.489 e. The fourth-order valence-electron chi connectivity index (χ4n) is 9.64. The van der Waals surface area contributed by atoms with Gasteiger partial charge in [-0.05, 0) is 127 Å². The van der Waals surface area contributed by atoms with Gasteiger partial charge in [-0.3, -0.25) is 0 Å². The average molecular weight is 1190 g/mol. The van der Waals surface area contributed by atoms with Gasteiger partial charge < -0.3 is 47.4 Å². The van der Waals surface area contributed by atoms with Crippen molar-refractivity contribution in [2.75, 3.05) is 0 Å². The van der Waals surface area contributed by atoms with Crippen LogP contribution >= 0.6 is 0 Å². The number of azide groups is 1. The van der Waals surface area contributed by atoms with Gasteiger partial charge in [-0.1, -0.05) is 187 Å². The molecule has 90 heavy (non-hydrogen) atoms. The first-order valence-corrected chi connectivity index (χ1v) is 29.7. The van der Waals surface area contributed by atoms with Crippen molar-refractivity contribution in [3.63, 3.8) is 0 Å². The van der Waals surface area contributed by atoms with Gasteiger partial charge in [0.2, 0.25) is 0 Å². The highest BCUT2D eigenvalue weighted by Gasteiger charge is 2.14. The second-order valence-electron chi connectivity index (χ2n) is 21.3. The van der Waals surface area contributed by atoms with E-state index in [1.165, 1.54) is 0 Å². The number of ether oxygens (including phenoxy) is 10. The van der Waals surface area contributed by atoms with Gasteiger partial charge in [0.05, 0.1) is 6.54 Å². The highest BCUT2D eigenvalue weighted by Crippen LogP contribution is 2.33. The van der Waals surface area contributed by atoms with E-state index < -0.39 is 0 Å². The normalized spacial score (nSPS) is 10.7. The standard InChI is InChI=1S/C77H67N3O10/c78-80-79-46-63-31-68(87-53-66-37-74(85-51-61-27-15-5-16-28-61)44-76(39-66)89-55-64-33-70(81-47-57-19-7-1-8-20-57)42-71(34-64)82-48-58-21-9-2-10-22-58)41-69(32-63)88-54-67-38-75(86-52-62-29-17-6-18-30-62)45-77(40-67)90-56-65-35-72(83-49-59-23-11-3-12-24-59)43-73(36-65)84-50-60-25-13-4-14-26-60/h1-45H,46-56H2. The summed E-state index contributed by atoms with van der Waals surface area (Å²) in [6, 6.07) is 88.8. The summed E-state index contributed by atoms with van der Waals surface area (Å²) in [5.74, 6) is 5.94. The summed E-state index contributed by atoms with van der Waals surface area (Å²) in [4.78, 5) is 3.04. The summed E-state index contributed by atoms with van der Waals surface area (Å²) in [7, 11) is 0. The minimum absolute atomic E-state index is 0.0701. The SMILES string of the molecule is [N-]=[N+]=NCc1cc(OCc2cc(OCc3ccccc3)cc(OCc3cc(OCc4ccccc4)cc(OCc4ccccc4)c3)c2)cc(OCc2cc(OCc3ccccc3)cc(OCc3cc(OCc4ccccc4)cc(OCc4ccccc4)c3)c2)c1. The monoisotopic (exact) mass is 1190 g/mol. The molecule has 0 amide bonds. The molecule has 0 aliphatic rings. The van der Waals surface area contributed by atoms with Crippen molar-refractivity contribution in [2.24, 2.45) is 5.11 Å². The maximum absolute atomic E-state index is 9.39. The molecule has 0 aromatic heterocycles. The van der Waals surface area contributed by atoms with Crippen LogP contribution in [0.4, 0.5) is 0 Å². The summed E-state index contributed by atoms with van der Waals surface area (Å²) in [6.07, 6.45) is 0. The maximum Gasteiger partial charge on any atom is 0.123 e. The largest absolute Gasteiger partial charge is 0.489 e. The van der Waals surface area contributed by atoms with E-state index >= 15 is 0 Å². The molecule has 0 saturated heterocycles. The summed E-state index contributed by atoms with van der Waals surface area (Å²) in [5.41, 5.74) is 19.6. The van der Waals surface area contributed by atoms with Crippen LogP contribution in [0.1, 0.15) is 61.2 Å². The van der Waals surface area contributed by atoms with Crippen molar-refractivity contribution < 1.29 is 47.4 Å². The molecule has 0 fully saturated rings. The molecule has 13 nitrogen and oxygen atoms in total. The predicted octanol–water partition coefficient (Wildman–Crippen LogP) is 18.3. The minimum atomic E-state index is 0.0701. The zero-order valence-corrected chi connectivity index (χ0v) is 49.7. The third-order valence-corrected chi connectivity index (χ3v) is 14.1. The summed E-state index contributed by atoms with van der Waals surface area (Å²) in [5, 5.41) is 3.88. The van der Waals surface area contributed by atoms with Crippen LogP contribution in [0.15, 0.2) is 278 Å². The van der Waals surface area contributed by atoms with E-state index in [0.717, 1.165) is 55.6 Å². The van der Waals surface area contributed by atoms with Crippen molar-refractivity contribution in [1.29, 1.82) is 0 Å². The van der Waals surface area contributed by atoms with E-state index in [9.17, 15) is 5.53 Å². The van der Waals surface area contributed by atoms with Crippen molar-refractivity contribution >= 4 is 0 Å². The fraction of sp³-hybridized carbons (Fsp3) is 0.143. The van der Waals surface area contributed by atoms with Gasteiger partial charge in [0, 0.05) is 35.2 Å². The molecule has 0 N–H and O–H groups in total. The Morgan fingerprint density at radius 2 is 0.356 bits per heavy atom. The van der Waals surface area contributed by atoms with Gasteiger partial charge in [-0.2, -0.15) is 0 Å². The van der Waals surface area contributed by atoms with Crippen LogP contribution in [0.5, 0.6) is 57.5 Å². The molecule has 13 heteroatoms. The van der Waals surface area contributed by atoms with Crippen molar-refractivity contribution in [3.05, 3.63) is 345 Å². The Morgan fingerprint density at radius 3 is 0.522 bits per heavy atom. The van der Waals surface area contributed by atoms with Crippen molar-refractivity contribution in [3.8, 4) is 57.5 Å². The van der Waals surface area contributed by atoms with E-state index in [-0.39, 0.29) is 33.0 Å². The summed E-state index contributed by atoms with van der Waals surface area (Å²) in [6.45, 7) is 3.00. The van der Waals surface area contributed by atoms with Crippen LogP contribution in [0.25, 0.3) is 10.4 Å². The van der Waals surface area contributed by atoms with Gasteiger partial charge in [0.25, 0.3) is 0 Å². The molecule has 0 heterocycles. The maximum atomic E-state index is 9.39. The van der Waals surface area contributed by atoms with Crippen LogP contribution in [-0.4, -0.2) is 0 Å². The van der Waals surface area contributed by atoms with E-state index in [1.54, 1.807) is 0 Å². The zero-order chi connectivity index (χ0) is 61.2. The first-order chi connectivity index (χ1) is 44.4. The third-order valence-electron chi connectivity index (χ3n) is 14.1. The number of rotatable bonds is 32. The van der Waals surface area contributed by atoms with Gasteiger partial charge in [0.1, 0.15) is 124 Å². The highest BCUT2D eigenvalue weighted by atomic mass is 16.5. The lowest BCUT2D eigenvalue weighted by Gasteiger charge is -2.16. The first kappa shape index (κ1) is 60.4. The molecule has 0 bridgehead atoms. The molecule has 0 unspecified atom stereocenters. The molecule has 0 radical (unpaired) electrons. The highest BCUT2D eigenvalue weighted by molar-refractivity contribution is 5.45. The fourth-order valence-corrected chi connectivity index (χ4v) is 9.64. The van der Waals surface area contributed by atoms with E-state index in [1.807, 2.05) is 273 Å². The lowest BCUT2D eigenvalue weighted by Crippen LogP contribution is -2.04. The van der Waals surface area contributed by atoms with Gasteiger partial charge in [-0.25, -0.2) is 0 Å². The second-order valence-corrected chi connectivity index (χ2v) is 21.3. The van der Waals surface area contributed by atoms with E-state index in [0.29, 0.717) is 103 Å². The molecule has 0 aliphatic heterocycles. The Bertz CT molecular complexity index is 3690. The molecule has 0 atom stereocenters. The molecule has 11 aromatic carbocycles. The van der Waals surface area contributed by atoms with Crippen molar-refractivity contribution in [1.82, 2.24) is 0 Å². The van der Waals surface area contributed by atoms with Crippen LogP contribution in [0.2, 0.25) is 0 Å². The molecule has 0 spiro atoms. The number of hydrogen-bond acceptors (Lipinski definition) is 11. The molecular weight excluding hydrogens is 1130 g/mol. The first-order valence-electron chi connectivity index (χ1n) is 29.7. The Morgan fingerprint density at radius 1 is 0.200 bits per heavy atom. The Labute approximate surface area is 524 Å². The van der Waals surface area contributed by atoms with Crippen LogP contribution in [0, 0.1) is 0 Å². The van der Waals surface area contributed by atoms with Gasteiger partial charge in [-0.15, -0.1) is 0 Å². The number of benzene rings is 11. The summed E-state index contributed by atoms with van der Waals surface area (Å²) < 4.78 is 64.3. The Kier molecular flexibility index (Phi) is 21.4. The molecule has 11 aromatic rings. The molecule has 0 aliphatic carbocycles. The molecule has 0 saturated carbocycles. The summed E-state index contributed by atoms with van der Waals surface area (Å²) >= 11 is 0. The van der Waals surface area contributed by atoms with Gasteiger partial charge in [0.15, 0.2) is 0 Å². The van der Waals surface area contributed by atoms with E-state index in [4.69, 9.17) is 47.4 Å². The quantitative estimate of drug-likeness (QED) is 0.0227. The predicted molar refractivity (Wildman–Crippen MR) is 347 cm³/mol. The van der Waals surface area contributed by atoms with Crippen molar-refractivity contribution in [2.45, 2.75) is 72.6 Å². The lowest BCUT2D eigenvalue weighted by molar-refractivity contribution is 0.272. The number of nitrogens with zero attached hydrogens (tertiary/aromatic N) is 3. The Balaban J connectivity index is 0.809. The third kappa shape index (κ3) is 19.4. The smallest absolute Gasteiger partial charge is 0.123 e. The second kappa shape index (κ2) is 31.9. The van der Waals surface area contributed by atoms with Crippen LogP contribution < -0.4 is 47.4 Å². The van der Waals surface area contributed by atoms with Gasteiger partial charge >= 0.3 is 0 Å². The topological polar surface area (TPSA) is 141 Å². The molecular formula is C77H67N3O10. The Hall–Kier alpha value is -11.3. The lowest BCUT2D eigenvalue weighted by atomic mass is 10.1. The number of hydrogen-bond donors (Lipinski definition) is 0.